The highest BCUT2D eigenvalue weighted by Crippen LogP contribution is 2.30. The summed E-state index contributed by atoms with van der Waals surface area (Å²) in [5.74, 6) is 1.93. The van der Waals surface area contributed by atoms with Crippen LogP contribution in [0.15, 0.2) is 24.7 Å². The van der Waals surface area contributed by atoms with Crippen molar-refractivity contribution in [3.05, 3.63) is 24.7 Å². The van der Waals surface area contributed by atoms with Gasteiger partial charge >= 0.3 is 0 Å². The van der Waals surface area contributed by atoms with E-state index in [0.29, 0.717) is 13.5 Å². The zero-order valence-corrected chi connectivity index (χ0v) is 25.8. The van der Waals surface area contributed by atoms with Crippen molar-refractivity contribution in [1.29, 1.82) is 0 Å². The summed E-state index contributed by atoms with van der Waals surface area (Å²) in [6.45, 7) is 18.8. The average molecular weight is 544 g/mol. The van der Waals surface area contributed by atoms with Crippen molar-refractivity contribution in [2.45, 2.75) is 64.2 Å². The number of anilines is 2. The van der Waals surface area contributed by atoms with Crippen molar-refractivity contribution >= 4 is 33.4 Å². The molecule has 0 atom stereocenters. The summed E-state index contributed by atoms with van der Waals surface area (Å²) in [4.78, 5) is 9.64. The van der Waals surface area contributed by atoms with Gasteiger partial charge in [0, 0.05) is 72.9 Å². The lowest BCUT2D eigenvalue weighted by atomic mass is 10.2. The minimum Gasteiger partial charge on any atom is -0.361 e. The normalized spacial score (nSPS) is 14.7. The third-order valence-corrected chi connectivity index (χ3v) is 10.1. The van der Waals surface area contributed by atoms with Crippen molar-refractivity contribution in [1.82, 2.24) is 24.4 Å². The van der Waals surface area contributed by atoms with E-state index in [1.807, 2.05) is 34.8 Å². The van der Waals surface area contributed by atoms with E-state index in [4.69, 9.17) is 19.6 Å². The second-order valence-corrected chi connectivity index (χ2v) is 23.8. The molecule has 1 aliphatic heterocycles. The summed E-state index contributed by atoms with van der Waals surface area (Å²) in [5.41, 5.74) is 2.83. The number of hydrogen-bond acceptors (Lipinski definition) is 7. The molecule has 3 aromatic rings. The molecule has 11 heteroatoms. The molecular formula is C26H45N7O2Si2. The van der Waals surface area contributed by atoms with Crippen LogP contribution in [0, 0.1) is 0 Å². The topological polar surface area (TPSA) is 73.0 Å². The molecule has 3 aromatic heterocycles. The second kappa shape index (κ2) is 11.7. The maximum absolute atomic E-state index is 6.23. The second-order valence-electron chi connectivity index (χ2n) is 12.6. The van der Waals surface area contributed by atoms with Gasteiger partial charge in [-0.3, -0.25) is 4.68 Å². The predicted molar refractivity (Wildman–Crippen MR) is 157 cm³/mol. The number of nitrogens with zero attached hydrogens (tertiary/aromatic N) is 7. The van der Waals surface area contributed by atoms with E-state index in [2.05, 4.69) is 60.2 Å². The fourth-order valence-corrected chi connectivity index (χ4v) is 5.82. The lowest BCUT2D eigenvalue weighted by Gasteiger charge is -2.27. The minimum atomic E-state index is -1.18. The van der Waals surface area contributed by atoms with Gasteiger partial charge in [0.1, 0.15) is 25.1 Å². The summed E-state index contributed by atoms with van der Waals surface area (Å²) in [6, 6.07) is 4.42. The third-order valence-electron chi connectivity index (χ3n) is 6.70. The first-order valence-corrected chi connectivity index (χ1v) is 20.9. The SMILES string of the molecule is Cn1cc(-c2cnn3c(N(COCC[Si](C)(C)C)COCC[Si](C)(C)C)cc(N4CCCC4)nc23)cn1. The van der Waals surface area contributed by atoms with Crippen molar-refractivity contribution in [2.75, 3.05) is 49.6 Å². The number of ether oxygens (including phenoxy) is 2. The van der Waals surface area contributed by atoms with Gasteiger partial charge in [-0.1, -0.05) is 39.3 Å². The Morgan fingerprint density at radius 1 is 0.892 bits per heavy atom. The Hall–Kier alpha value is -2.22. The quantitative estimate of drug-likeness (QED) is 0.167. The van der Waals surface area contributed by atoms with Crippen LogP contribution in [0.2, 0.25) is 51.4 Å². The van der Waals surface area contributed by atoms with Gasteiger partial charge in [-0.25, -0.2) is 4.98 Å². The van der Waals surface area contributed by atoms with Gasteiger partial charge in [0.15, 0.2) is 5.65 Å². The van der Waals surface area contributed by atoms with Crippen molar-refractivity contribution in [2.24, 2.45) is 7.05 Å². The van der Waals surface area contributed by atoms with Gasteiger partial charge in [0.05, 0.1) is 12.4 Å². The molecule has 0 N–H and O–H groups in total. The van der Waals surface area contributed by atoms with Crippen LogP contribution in [-0.2, 0) is 16.5 Å². The van der Waals surface area contributed by atoms with Crippen LogP contribution >= 0.6 is 0 Å². The zero-order chi connectivity index (χ0) is 26.6. The molecule has 204 valence electrons. The zero-order valence-electron chi connectivity index (χ0n) is 23.8. The third kappa shape index (κ3) is 7.65. The highest BCUT2D eigenvalue weighted by molar-refractivity contribution is 6.76. The molecule has 0 bridgehead atoms. The highest BCUT2D eigenvalue weighted by atomic mass is 28.3. The molecule has 0 amide bonds. The molecule has 4 heterocycles. The van der Waals surface area contributed by atoms with Crippen molar-refractivity contribution in [3.8, 4) is 11.1 Å². The first-order valence-electron chi connectivity index (χ1n) is 13.5. The maximum Gasteiger partial charge on any atom is 0.167 e. The number of aromatic nitrogens is 5. The molecule has 0 radical (unpaired) electrons. The van der Waals surface area contributed by atoms with E-state index in [1.165, 1.54) is 12.8 Å². The van der Waals surface area contributed by atoms with Crippen LogP contribution in [0.5, 0.6) is 0 Å². The van der Waals surface area contributed by atoms with Crippen LogP contribution < -0.4 is 9.80 Å². The van der Waals surface area contributed by atoms with E-state index < -0.39 is 16.1 Å². The van der Waals surface area contributed by atoms with Crippen LogP contribution in [0.25, 0.3) is 16.8 Å². The van der Waals surface area contributed by atoms with Gasteiger partial charge in [0.25, 0.3) is 0 Å². The Balaban J connectivity index is 1.67. The molecule has 1 aliphatic rings. The molecule has 9 nitrogen and oxygen atoms in total. The summed E-state index contributed by atoms with van der Waals surface area (Å²) in [6.07, 6.45) is 8.17. The van der Waals surface area contributed by atoms with Crippen LogP contribution in [0.3, 0.4) is 0 Å². The monoisotopic (exact) mass is 543 g/mol. The van der Waals surface area contributed by atoms with Gasteiger partial charge < -0.3 is 19.3 Å². The highest BCUT2D eigenvalue weighted by Gasteiger charge is 2.23. The summed E-state index contributed by atoms with van der Waals surface area (Å²) < 4.78 is 16.2. The summed E-state index contributed by atoms with van der Waals surface area (Å²) in [7, 11) is -0.420. The Morgan fingerprint density at radius 2 is 1.51 bits per heavy atom. The first-order chi connectivity index (χ1) is 17.5. The van der Waals surface area contributed by atoms with Crippen molar-refractivity contribution < 1.29 is 9.47 Å². The molecule has 1 saturated heterocycles. The minimum absolute atomic E-state index is 0.456. The molecule has 0 saturated carbocycles. The molecule has 1 fully saturated rings. The molecule has 4 rings (SSSR count). The Kier molecular flexibility index (Phi) is 8.77. The maximum atomic E-state index is 6.23. The molecule has 0 aliphatic carbocycles. The smallest absolute Gasteiger partial charge is 0.167 e. The Labute approximate surface area is 223 Å². The largest absolute Gasteiger partial charge is 0.361 e. The standard InChI is InChI=1S/C26H45N7O2Si2/c1-30-19-22(17-27-30)23-18-28-33-25(16-24(29-26(23)33)31-10-8-9-11-31)32(20-34-12-14-36(2,3)4)21-35-13-15-37(5,6)7/h16-19H,8-15,20-21H2,1-7H3. The lowest BCUT2D eigenvalue weighted by molar-refractivity contribution is 0.0942. The summed E-state index contributed by atoms with van der Waals surface area (Å²) >= 11 is 0. The van der Waals surface area contributed by atoms with E-state index in [9.17, 15) is 0 Å². The van der Waals surface area contributed by atoms with Gasteiger partial charge in [0.2, 0.25) is 0 Å². The number of hydrogen-bond donors (Lipinski definition) is 0. The Morgan fingerprint density at radius 3 is 2.05 bits per heavy atom. The fraction of sp³-hybridized carbons (Fsp3) is 0.654. The van der Waals surface area contributed by atoms with Crippen LogP contribution in [0.1, 0.15) is 12.8 Å². The number of rotatable bonds is 13. The van der Waals surface area contributed by atoms with Gasteiger partial charge in [-0.05, 0) is 24.9 Å². The fourth-order valence-electron chi connectivity index (χ4n) is 4.31. The molecule has 0 aromatic carbocycles. The first kappa shape index (κ1) is 27.8. The molecule has 37 heavy (non-hydrogen) atoms. The average Bonchev–Trinajstić information content (AvgIpc) is 3.56. The van der Waals surface area contributed by atoms with Gasteiger partial charge in [-0.2, -0.15) is 14.7 Å². The predicted octanol–water partition coefficient (Wildman–Crippen LogP) is 5.16. The molecule has 0 spiro atoms. The van der Waals surface area contributed by atoms with Crippen molar-refractivity contribution in [3.63, 3.8) is 0 Å². The molecule has 0 unspecified atom stereocenters. The lowest BCUT2D eigenvalue weighted by Crippen LogP contribution is -2.33. The van der Waals surface area contributed by atoms with Crippen LogP contribution in [0.4, 0.5) is 11.6 Å². The number of fused-ring (bicyclic) bond motifs is 1. The van der Waals surface area contributed by atoms with Gasteiger partial charge in [-0.15, -0.1) is 0 Å². The van der Waals surface area contributed by atoms with E-state index >= 15 is 0 Å². The summed E-state index contributed by atoms with van der Waals surface area (Å²) in [5, 5.41) is 9.16. The number of aryl methyl sites for hydroxylation is 1. The Bertz CT molecular complexity index is 1140. The van der Waals surface area contributed by atoms with E-state index in [1.54, 1.807) is 0 Å². The molecular weight excluding hydrogens is 499 g/mol. The van der Waals surface area contributed by atoms with E-state index in [0.717, 1.165) is 66.8 Å². The van der Waals surface area contributed by atoms with Crippen LogP contribution in [-0.4, -0.2) is 80.3 Å². The van der Waals surface area contributed by atoms with E-state index in [-0.39, 0.29) is 0 Å².